The first-order valence-electron chi connectivity index (χ1n) is 11.5. The van der Waals surface area contributed by atoms with E-state index in [9.17, 15) is 18.3 Å². The van der Waals surface area contributed by atoms with E-state index in [1.54, 1.807) is 11.3 Å². The summed E-state index contributed by atoms with van der Waals surface area (Å²) in [6, 6.07) is 11.4. The van der Waals surface area contributed by atoms with E-state index in [0.717, 1.165) is 53.4 Å². The first-order chi connectivity index (χ1) is 15.9. The van der Waals surface area contributed by atoms with Gasteiger partial charge in [0.15, 0.2) is 0 Å². The molecule has 1 N–H and O–H groups in total. The van der Waals surface area contributed by atoms with E-state index < -0.39 is 17.3 Å². The van der Waals surface area contributed by atoms with Crippen LogP contribution in [0.15, 0.2) is 42.5 Å². The number of ether oxygens (including phenoxy) is 1. The van der Waals surface area contributed by atoms with E-state index in [0.29, 0.717) is 5.56 Å². The lowest BCUT2D eigenvalue weighted by Crippen LogP contribution is -2.32. The fraction of sp³-hybridized carbons (Fsp3) is 0.444. The van der Waals surface area contributed by atoms with Gasteiger partial charge in [0.2, 0.25) is 0 Å². The standard InChI is InChI=1S/C27H32F3NO2S/c1-17(2)24-23(34-25(31-24)20-10-12-21(13-11-20)27(28,29)30)8-6-7-19-9-14-22(18(3)15-19)33-26(4,5)16-32/h9-15,17,32H,6-8,16H2,1-5H3. The molecule has 0 aliphatic heterocycles. The maximum atomic E-state index is 12.9. The monoisotopic (exact) mass is 491 g/mol. The SMILES string of the molecule is Cc1cc(CCCc2sc(-c3ccc(C(F)(F)F)cc3)nc2C(C)C)ccc1OC(C)(C)CO. The predicted octanol–water partition coefficient (Wildman–Crippen LogP) is 7.59. The highest BCUT2D eigenvalue weighted by Gasteiger charge is 2.30. The largest absolute Gasteiger partial charge is 0.485 e. The topological polar surface area (TPSA) is 42.4 Å². The van der Waals surface area contributed by atoms with Gasteiger partial charge in [-0.15, -0.1) is 11.3 Å². The third-order valence-electron chi connectivity index (χ3n) is 5.61. The first-order valence-corrected chi connectivity index (χ1v) is 12.3. The fourth-order valence-corrected chi connectivity index (χ4v) is 4.95. The number of hydrogen-bond donors (Lipinski definition) is 1. The minimum Gasteiger partial charge on any atom is -0.485 e. The average Bonchev–Trinajstić information content (AvgIpc) is 3.19. The summed E-state index contributed by atoms with van der Waals surface area (Å²) in [5.74, 6) is 1.01. The zero-order chi connectivity index (χ0) is 25.1. The van der Waals surface area contributed by atoms with Crippen molar-refractivity contribution in [2.75, 3.05) is 6.61 Å². The normalized spacial score (nSPS) is 12.4. The molecule has 1 aromatic heterocycles. The highest BCUT2D eigenvalue weighted by molar-refractivity contribution is 7.15. The van der Waals surface area contributed by atoms with Crippen molar-refractivity contribution in [3.05, 3.63) is 69.7 Å². The van der Waals surface area contributed by atoms with Crippen molar-refractivity contribution in [2.24, 2.45) is 0 Å². The van der Waals surface area contributed by atoms with E-state index >= 15 is 0 Å². The van der Waals surface area contributed by atoms with Crippen LogP contribution >= 0.6 is 11.3 Å². The summed E-state index contributed by atoms with van der Waals surface area (Å²) in [6.07, 6.45) is -1.64. The molecule has 0 saturated heterocycles. The summed E-state index contributed by atoms with van der Waals surface area (Å²) < 4.78 is 44.5. The molecule has 7 heteroatoms. The molecule has 2 aromatic carbocycles. The van der Waals surface area contributed by atoms with Crippen molar-refractivity contribution < 1.29 is 23.0 Å². The number of hydrogen-bond acceptors (Lipinski definition) is 4. The Morgan fingerprint density at radius 3 is 2.26 bits per heavy atom. The molecule has 34 heavy (non-hydrogen) atoms. The number of aliphatic hydroxyl groups is 1. The van der Waals surface area contributed by atoms with Crippen LogP contribution in [0.2, 0.25) is 0 Å². The van der Waals surface area contributed by atoms with Crippen molar-refractivity contribution in [1.29, 1.82) is 0 Å². The van der Waals surface area contributed by atoms with Gasteiger partial charge in [-0.05, 0) is 75.3 Å². The number of rotatable bonds is 9. The molecule has 3 rings (SSSR count). The Balaban J connectivity index is 1.69. The van der Waals surface area contributed by atoms with Gasteiger partial charge in [-0.1, -0.05) is 38.1 Å². The number of aryl methyl sites for hydroxylation is 3. The second-order valence-electron chi connectivity index (χ2n) is 9.53. The highest BCUT2D eigenvalue weighted by Crippen LogP contribution is 2.35. The summed E-state index contributed by atoms with van der Waals surface area (Å²) in [5, 5.41) is 10.2. The van der Waals surface area contributed by atoms with E-state index in [1.807, 2.05) is 26.8 Å². The minimum absolute atomic E-state index is 0.0598. The van der Waals surface area contributed by atoms with Crippen molar-refractivity contribution in [1.82, 2.24) is 4.98 Å². The Hall–Kier alpha value is -2.38. The molecular formula is C27H32F3NO2S. The van der Waals surface area contributed by atoms with Gasteiger partial charge in [-0.3, -0.25) is 0 Å². The van der Waals surface area contributed by atoms with E-state index in [4.69, 9.17) is 9.72 Å². The molecule has 0 aliphatic carbocycles. The zero-order valence-electron chi connectivity index (χ0n) is 20.3. The van der Waals surface area contributed by atoms with Gasteiger partial charge in [-0.25, -0.2) is 4.98 Å². The molecule has 0 spiro atoms. The Labute approximate surface area is 203 Å². The van der Waals surface area contributed by atoms with Crippen LogP contribution in [-0.2, 0) is 19.0 Å². The summed E-state index contributed by atoms with van der Waals surface area (Å²) in [5.41, 5.74) is 2.70. The zero-order valence-corrected chi connectivity index (χ0v) is 21.1. The molecule has 0 fully saturated rings. The van der Waals surface area contributed by atoms with Gasteiger partial charge in [0.25, 0.3) is 0 Å². The lowest BCUT2D eigenvalue weighted by Gasteiger charge is -2.25. The number of halogens is 3. The maximum absolute atomic E-state index is 12.9. The molecule has 0 bridgehead atoms. The molecule has 0 amide bonds. The summed E-state index contributed by atoms with van der Waals surface area (Å²) in [4.78, 5) is 5.95. The third-order valence-corrected chi connectivity index (χ3v) is 6.79. The number of benzene rings is 2. The van der Waals surface area contributed by atoms with Gasteiger partial charge in [0, 0.05) is 10.4 Å². The summed E-state index contributed by atoms with van der Waals surface area (Å²) in [7, 11) is 0. The van der Waals surface area contributed by atoms with Crippen LogP contribution in [0, 0.1) is 6.92 Å². The second kappa shape index (κ2) is 10.5. The molecule has 0 unspecified atom stereocenters. The molecule has 0 atom stereocenters. The number of aliphatic hydroxyl groups excluding tert-OH is 1. The van der Waals surface area contributed by atoms with Gasteiger partial charge in [0.05, 0.1) is 17.9 Å². The number of nitrogens with zero attached hydrogens (tertiary/aromatic N) is 1. The lowest BCUT2D eigenvalue weighted by molar-refractivity contribution is -0.137. The highest BCUT2D eigenvalue weighted by atomic mass is 32.1. The number of alkyl halides is 3. The Kier molecular flexibility index (Phi) is 8.09. The maximum Gasteiger partial charge on any atom is 0.416 e. The Morgan fingerprint density at radius 2 is 1.71 bits per heavy atom. The molecule has 3 nitrogen and oxygen atoms in total. The molecule has 0 aliphatic rings. The summed E-state index contributed by atoms with van der Waals surface area (Å²) in [6.45, 7) is 9.82. The quantitative estimate of drug-likeness (QED) is 0.335. The fourth-order valence-electron chi connectivity index (χ4n) is 3.68. The van der Waals surface area contributed by atoms with Crippen molar-refractivity contribution >= 4 is 11.3 Å². The van der Waals surface area contributed by atoms with Crippen LogP contribution in [0.1, 0.15) is 67.3 Å². The molecule has 0 saturated carbocycles. The molecule has 184 valence electrons. The van der Waals surface area contributed by atoms with Crippen LogP contribution in [0.5, 0.6) is 5.75 Å². The molecule has 0 radical (unpaired) electrons. The second-order valence-corrected chi connectivity index (χ2v) is 10.6. The van der Waals surface area contributed by atoms with Gasteiger partial charge < -0.3 is 9.84 Å². The van der Waals surface area contributed by atoms with Crippen LogP contribution in [0.3, 0.4) is 0 Å². The van der Waals surface area contributed by atoms with Crippen LogP contribution in [0.25, 0.3) is 10.6 Å². The van der Waals surface area contributed by atoms with Crippen LogP contribution in [-0.4, -0.2) is 22.3 Å². The van der Waals surface area contributed by atoms with Crippen LogP contribution in [0.4, 0.5) is 13.2 Å². The first kappa shape index (κ1) is 26.2. The molecule has 3 aromatic rings. The van der Waals surface area contributed by atoms with Crippen molar-refractivity contribution in [3.8, 4) is 16.3 Å². The van der Waals surface area contributed by atoms with E-state index in [-0.39, 0.29) is 12.5 Å². The minimum atomic E-state index is -4.34. The van der Waals surface area contributed by atoms with E-state index in [2.05, 4.69) is 26.0 Å². The summed E-state index contributed by atoms with van der Waals surface area (Å²) >= 11 is 1.57. The Morgan fingerprint density at radius 1 is 1.03 bits per heavy atom. The number of thiazole rings is 1. The average molecular weight is 492 g/mol. The van der Waals surface area contributed by atoms with E-state index in [1.165, 1.54) is 22.6 Å². The Bertz CT molecular complexity index is 1100. The van der Waals surface area contributed by atoms with Gasteiger partial charge in [-0.2, -0.15) is 13.2 Å². The number of aromatic nitrogens is 1. The van der Waals surface area contributed by atoms with Crippen molar-refractivity contribution in [2.45, 2.75) is 71.6 Å². The lowest BCUT2D eigenvalue weighted by atomic mass is 10.0. The molecule has 1 heterocycles. The molecular weight excluding hydrogens is 459 g/mol. The van der Waals surface area contributed by atoms with Gasteiger partial charge in [0.1, 0.15) is 16.4 Å². The van der Waals surface area contributed by atoms with Crippen LogP contribution < -0.4 is 4.74 Å². The van der Waals surface area contributed by atoms with Crippen molar-refractivity contribution in [3.63, 3.8) is 0 Å². The smallest absolute Gasteiger partial charge is 0.416 e. The van der Waals surface area contributed by atoms with Gasteiger partial charge >= 0.3 is 6.18 Å². The predicted molar refractivity (Wildman–Crippen MR) is 132 cm³/mol. The third kappa shape index (κ3) is 6.60.